The molecule has 8 nitrogen and oxygen atoms in total. The van der Waals surface area contributed by atoms with Crippen molar-refractivity contribution in [3.05, 3.63) is 84.2 Å². The van der Waals surface area contributed by atoms with Crippen LogP contribution in [0.25, 0.3) is 5.82 Å². The summed E-state index contributed by atoms with van der Waals surface area (Å²) in [6.45, 7) is 3.83. The first kappa shape index (κ1) is 20.1. The molecule has 2 aromatic carbocycles. The van der Waals surface area contributed by atoms with Crippen LogP contribution in [0.5, 0.6) is 17.4 Å². The molecule has 0 aliphatic rings. The topological polar surface area (TPSA) is 91.2 Å². The highest BCUT2D eigenvalue weighted by molar-refractivity contribution is 5.91. The lowest BCUT2D eigenvalue weighted by Crippen LogP contribution is -2.20. The van der Waals surface area contributed by atoms with Crippen molar-refractivity contribution in [2.24, 2.45) is 0 Å². The Hall–Kier alpha value is -4.20. The molecule has 8 heteroatoms. The molecular weight excluding hydrogens is 394 g/mol. The van der Waals surface area contributed by atoms with E-state index in [1.54, 1.807) is 41.1 Å². The van der Waals surface area contributed by atoms with E-state index in [1.807, 2.05) is 50.4 Å². The van der Waals surface area contributed by atoms with Gasteiger partial charge in [-0.15, -0.1) is 10.2 Å². The third-order valence-corrected chi connectivity index (χ3v) is 4.33. The zero-order valence-electron chi connectivity index (χ0n) is 17.1. The molecular formula is C23H21N5O3. The van der Waals surface area contributed by atoms with Crippen LogP contribution in [-0.4, -0.2) is 32.5 Å². The van der Waals surface area contributed by atoms with Crippen LogP contribution in [0.15, 0.2) is 72.9 Å². The zero-order chi connectivity index (χ0) is 21.6. The van der Waals surface area contributed by atoms with Crippen LogP contribution in [0.1, 0.15) is 11.3 Å². The Morgan fingerprint density at radius 2 is 1.65 bits per heavy atom. The average molecular weight is 415 g/mol. The van der Waals surface area contributed by atoms with Crippen molar-refractivity contribution >= 4 is 11.6 Å². The molecule has 2 aromatic heterocycles. The third-order valence-electron chi connectivity index (χ3n) is 4.33. The molecule has 156 valence electrons. The van der Waals surface area contributed by atoms with Gasteiger partial charge >= 0.3 is 0 Å². The Morgan fingerprint density at radius 3 is 2.29 bits per heavy atom. The van der Waals surface area contributed by atoms with E-state index in [2.05, 4.69) is 20.6 Å². The average Bonchev–Trinajstić information content (AvgIpc) is 3.21. The number of anilines is 1. The van der Waals surface area contributed by atoms with Crippen molar-refractivity contribution in [3.8, 4) is 23.2 Å². The number of aryl methyl sites for hydroxylation is 2. The van der Waals surface area contributed by atoms with E-state index in [1.165, 1.54) is 0 Å². The molecule has 0 radical (unpaired) electrons. The highest BCUT2D eigenvalue weighted by Crippen LogP contribution is 2.21. The van der Waals surface area contributed by atoms with Crippen molar-refractivity contribution in [1.29, 1.82) is 0 Å². The van der Waals surface area contributed by atoms with Crippen LogP contribution in [0.4, 0.5) is 5.69 Å². The molecule has 0 saturated heterocycles. The van der Waals surface area contributed by atoms with Gasteiger partial charge in [-0.25, -0.2) is 4.68 Å². The number of carbonyl (C=O) groups is 1. The Balaban J connectivity index is 1.29. The predicted molar refractivity (Wildman–Crippen MR) is 116 cm³/mol. The second kappa shape index (κ2) is 9.08. The summed E-state index contributed by atoms with van der Waals surface area (Å²) in [5.41, 5.74) is 2.67. The smallest absolute Gasteiger partial charge is 0.262 e. The first-order valence-corrected chi connectivity index (χ1v) is 9.69. The second-order valence-electron chi connectivity index (χ2n) is 6.91. The van der Waals surface area contributed by atoms with E-state index < -0.39 is 0 Å². The van der Waals surface area contributed by atoms with Crippen molar-refractivity contribution in [2.75, 3.05) is 11.9 Å². The first-order chi connectivity index (χ1) is 15.0. The number of hydrogen-bond acceptors (Lipinski definition) is 6. The highest BCUT2D eigenvalue weighted by Gasteiger charge is 2.06. The van der Waals surface area contributed by atoms with E-state index in [0.29, 0.717) is 28.9 Å². The Kier molecular flexibility index (Phi) is 5.89. The third kappa shape index (κ3) is 5.45. The number of hydrogen-bond donors (Lipinski definition) is 1. The maximum absolute atomic E-state index is 12.1. The number of benzene rings is 2. The fraction of sp³-hybridized carbons (Fsp3) is 0.130. The minimum atomic E-state index is -0.246. The van der Waals surface area contributed by atoms with E-state index in [-0.39, 0.29) is 12.5 Å². The number of amides is 1. The number of ether oxygens (including phenoxy) is 2. The van der Waals surface area contributed by atoms with Crippen LogP contribution < -0.4 is 14.8 Å². The van der Waals surface area contributed by atoms with Crippen LogP contribution in [0, 0.1) is 13.8 Å². The Morgan fingerprint density at radius 1 is 0.903 bits per heavy atom. The lowest BCUT2D eigenvalue weighted by Gasteiger charge is -2.09. The Bertz CT molecular complexity index is 1150. The van der Waals surface area contributed by atoms with Gasteiger partial charge in [0.15, 0.2) is 12.4 Å². The number of aromatic nitrogens is 4. The van der Waals surface area contributed by atoms with E-state index >= 15 is 0 Å². The monoisotopic (exact) mass is 415 g/mol. The van der Waals surface area contributed by atoms with Gasteiger partial charge in [-0.3, -0.25) is 4.79 Å². The minimum absolute atomic E-state index is 0.0704. The van der Waals surface area contributed by atoms with Gasteiger partial charge in [-0.1, -0.05) is 17.7 Å². The molecule has 31 heavy (non-hydrogen) atoms. The molecule has 1 N–H and O–H groups in total. The fourth-order valence-corrected chi connectivity index (χ4v) is 2.74. The summed E-state index contributed by atoms with van der Waals surface area (Å²) in [5, 5.41) is 15.3. The lowest BCUT2D eigenvalue weighted by atomic mass is 10.2. The van der Waals surface area contributed by atoms with E-state index in [9.17, 15) is 4.79 Å². The molecule has 0 unspecified atom stereocenters. The highest BCUT2D eigenvalue weighted by atomic mass is 16.5. The zero-order valence-corrected chi connectivity index (χ0v) is 17.1. The molecule has 2 heterocycles. The number of nitrogens with one attached hydrogen (secondary N) is 1. The molecule has 0 fully saturated rings. The fourth-order valence-electron chi connectivity index (χ4n) is 2.74. The lowest BCUT2D eigenvalue weighted by molar-refractivity contribution is -0.118. The van der Waals surface area contributed by atoms with Gasteiger partial charge in [0.25, 0.3) is 5.91 Å². The first-order valence-electron chi connectivity index (χ1n) is 9.69. The number of nitrogens with zero attached hydrogens (tertiary/aromatic N) is 4. The summed E-state index contributed by atoms with van der Waals surface area (Å²) in [4.78, 5) is 12.1. The maximum Gasteiger partial charge on any atom is 0.262 e. The molecule has 0 aliphatic heterocycles. The van der Waals surface area contributed by atoms with Crippen molar-refractivity contribution in [2.45, 2.75) is 13.8 Å². The molecule has 0 saturated carbocycles. The van der Waals surface area contributed by atoms with Crippen molar-refractivity contribution in [1.82, 2.24) is 20.0 Å². The summed E-state index contributed by atoms with van der Waals surface area (Å²) in [7, 11) is 0. The van der Waals surface area contributed by atoms with Gasteiger partial charge in [-0.2, -0.15) is 5.10 Å². The largest absolute Gasteiger partial charge is 0.484 e. The van der Waals surface area contributed by atoms with Crippen LogP contribution >= 0.6 is 0 Å². The van der Waals surface area contributed by atoms with Gasteiger partial charge in [0.05, 0.1) is 5.69 Å². The van der Waals surface area contributed by atoms with Gasteiger partial charge in [0.1, 0.15) is 11.5 Å². The molecule has 1 amide bonds. The van der Waals surface area contributed by atoms with Crippen molar-refractivity contribution in [3.63, 3.8) is 0 Å². The maximum atomic E-state index is 12.1. The van der Waals surface area contributed by atoms with Crippen LogP contribution in [0.3, 0.4) is 0 Å². The summed E-state index contributed by atoms with van der Waals surface area (Å²) in [6, 6.07) is 19.9. The normalized spacial score (nSPS) is 10.5. The van der Waals surface area contributed by atoms with Gasteiger partial charge in [0.2, 0.25) is 5.88 Å². The van der Waals surface area contributed by atoms with E-state index in [0.717, 1.165) is 11.3 Å². The van der Waals surface area contributed by atoms with Gasteiger partial charge in [-0.05, 0) is 62.4 Å². The molecule has 0 spiro atoms. The summed E-state index contributed by atoms with van der Waals surface area (Å²) >= 11 is 0. The van der Waals surface area contributed by atoms with E-state index in [4.69, 9.17) is 9.47 Å². The SMILES string of the molecule is Cc1ccc(OCC(=O)Nc2ccc(Oc3ccc(-n4ccc(C)n4)nn3)cc2)cc1. The van der Waals surface area contributed by atoms with Crippen molar-refractivity contribution < 1.29 is 14.3 Å². The molecule has 0 aliphatic carbocycles. The molecule has 0 bridgehead atoms. The summed E-state index contributed by atoms with van der Waals surface area (Å²) < 4.78 is 12.8. The number of rotatable bonds is 7. The second-order valence-corrected chi connectivity index (χ2v) is 6.91. The molecule has 0 atom stereocenters. The number of carbonyl (C=O) groups excluding carboxylic acids is 1. The molecule has 4 aromatic rings. The van der Waals surface area contributed by atoms with Gasteiger partial charge < -0.3 is 14.8 Å². The minimum Gasteiger partial charge on any atom is -0.484 e. The predicted octanol–water partition coefficient (Wildman–Crippen LogP) is 4.09. The van der Waals surface area contributed by atoms with Gasteiger partial charge in [0, 0.05) is 18.0 Å². The summed E-state index contributed by atoms with van der Waals surface area (Å²) in [6.07, 6.45) is 1.82. The standard InChI is InChI=1S/C23H21N5O3/c1-16-3-7-19(8-4-16)30-15-22(29)24-18-5-9-20(10-6-18)31-23-12-11-21(25-26-23)28-14-13-17(2)27-28/h3-14H,15H2,1-2H3,(H,24,29). The quantitative estimate of drug-likeness (QED) is 0.489. The Labute approximate surface area is 179 Å². The summed E-state index contributed by atoms with van der Waals surface area (Å²) in [5.74, 6) is 1.94. The molecule has 4 rings (SSSR count). The van der Waals surface area contributed by atoms with Crippen LogP contribution in [0.2, 0.25) is 0 Å². The van der Waals surface area contributed by atoms with Crippen LogP contribution in [-0.2, 0) is 4.79 Å².